The van der Waals surface area contributed by atoms with Crippen LogP contribution in [0.2, 0.25) is 0 Å². The number of hydrogen-bond acceptors (Lipinski definition) is 4. The van der Waals surface area contributed by atoms with E-state index in [4.69, 9.17) is 9.84 Å². The fourth-order valence-electron chi connectivity index (χ4n) is 2.08. The number of ether oxygens (including phenoxy) is 1. The quantitative estimate of drug-likeness (QED) is 0.748. The number of benzene rings is 2. The highest BCUT2D eigenvalue weighted by atomic mass is 32.1. The second kappa shape index (κ2) is 6.62. The van der Waals surface area contributed by atoms with Crippen molar-refractivity contribution in [2.45, 2.75) is 13.3 Å². The minimum atomic E-state index is -0.872. The Morgan fingerprint density at radius 1 is 1.09 bits per heavy atom. The molecule has 0 saturated carbocycles. The molecule has 3 rings (SSSR count). The molecule has 0 spiro atoms. The number of aliphatic carboxylic acids is 1. The lowest BCUT2D eigenvalue weighted by atomic mass is 10.2. The Morgan fingerprint density at radius 2 is 1.70 bits per heavy atom. The summed E-state index contributed by atoms with van der Waals surface area (Å²) in [4.78, 5) is 15.0. The highest BCUT2D eigenvalue weighted by molar-refractivity contribution is 7.13. The highest BCUT2D eigenvalue weighted by Gasteiger charge is 2.08. The number of hydrogen-bond donors (Lipinski definition) is 1. The molecule has 1 heterocycles. The molecular weight excluding hydrogens is 310 g/mol. The van der Waals surface area contributed by atoms with E-state index in [0.29, 0.717) is 5.69 Å². The van der Waals surface area contributed by atoms with E-state index in [-0.39, 0.29) is 6.42 Å². The lowest BCUT2D eigenvalue weighted by Gasteiger charge is -2.06. The molecule has 0 fully saturated rings. The molecule has 5 heteroatoms. The maximum absolute atomic E-state index is 10.7. The summed E-state index contributed by atoms with van der Waals surface area (Å²) in [7, 11) is 0. The molecule has 0 bridgehead atoms. The molecule has 0 radical (unpaired) electrons. The highest BCUT2D eigenvalue weighted by Crippen LogP contribution is 2.28. The van der Waals surface area contributed by atoms with Gasteiger partial charge >= 0.3 is 5.97 Å². The molecule has 3 aromatic rings. The lowest BCUT2D eigenvalue weighted by Crippen LogP contribution is -1.99. The second-order valence-corrected chi connectivity index (χ2v) is 6.01. The number of carbonyl (C=O) groups is 1. The first-order valence-electron chi connectivity index (χ1n) is 7.11. The van der Waals surface area contributed by atoms with Crippen molar-refractivity contribution in [1.82, 2.24) is 4.98 Å². The fraction of sp³-hybridized carbons (Fsp3) is 0.111. The summed E-state index contributed by atoms with van der Waals surface area (Å²) in [5.74, 6) is 0.671. The summed E-state index contributed by atoms with van der Waals surface area (Å²) in [6.45, 7) is 2.03. The zero-order chi connectivity index (χ0) is 16.2. The number of aryl methyl sites for hydroxylation is 1. The number of rotatable bonds is 5. The molecule has 0 aliphatic carbocycles. The summed E-state index contributed by atoms with van der Waals surface area (Å²) in [6.07, 6.45) is -0.0505. The number of carboxylic acid groups (broad SMARTS) is 1. The van der Waals surface area contributed by atoms with Crippen LogP contribution in [0.1, 0.15) is 11.3 Å². The number of carboxylic acids is 1. The Balaban J connectivity index is 1.72. The molecule has 0 amide bonds. The van der Waals surface area contributed by atoms with Crippen LogP contribution in [-0.2, 0) is 11.2 Å². The maximum Gasteiger partial charge on any atom is 0.309 e. The van der Waals surface area contributed by atoms with E-state index in [1.54, 1.807) is 5.38 Å². The van der Waals surface area contributed by atoms with Gasteiger partial charge in [0.05, 0.1) is 12.1 Å². The first-order chi connectivity index (χ1) is 11.1. The summed E-state index contributed by atoms with van der Waals surface area (Å²) in [5.41, 5.74) is 2.72. The molecule has 0 aliphatic rings. The predicted molar refractivity (Wildman–Crippen MR) is 90.1 cm³/mol. The van der Waals surface area contributed by atoms with E-state index in [2.05, 4.69) is 4.98 Å². The topological polar surface area (TPSA) is 59.4 Å². The first-order valence-corrected chi connectivity index (χ1v) is 7.99. The van der Waals surface area contributed by atoms with Crippen LogP contribution in [-0.4, -0.2) is 16.1 Å². The van der Waals surface area contributed by atoms with Crippen molar-refractivity contribution in [3.05, 3.63) is 65.2 Å². The van der Waals surface area contributed by atoms with E-state index >= 15 is 0 Å². The van der Waals surface area contributed by atoms with Gasteiger partial charge in [-0.05, 0) is 43.3 Å². The van der Waals surface area contributed by atoms with Crippen LogP contribution in [0, 0.1) is 6.92 Å². The second-order valence-electron chi connectivity index (χ2n) is 5.15. The van der Waals surface area contributed by atoms with Crippen molar-refractivity contribution in [2.24, 2.45) is 0 Å². The fourth-order valence-corrected chi connectivity index (χ4v) is 2.91. The third-order valence-electron chi connectivity index (χ3n) is 3.24. The van der Waals surface area contributed by atoms with Crippen molar-refractivity contribution in [1.29, 1.82) is 0 Å². The summed E-state index contributed by atoms with van der Waals surface area (Å²) >= 11 is 1.44. The zero-order valence-corrected chi connectivity index (χ0v) is 13.3. The van der Waals surface area contributed by atoms with Crippen LogP contribution in [0.3, 0.4) is 0 Å². The Labute approximate surface area is 138 Å². The molecule has 23 heavy (non-hydrogen) atoms. The van der Waals surface area contributed by atoms with E-state index < -0.39 is 5.97 Å². The monoisotopic (exact) mass is 325 g/mol. The SMILES string of the molecule is Cc1ccc(Oc2ccc(-c3nc(CC(=O)O)cs3)cc2)cc1. The van der Waals surface area contributed by atoms with Crippen molar-refractivity contribution >= 4 is 17.3 Å². The normalized spacial score (nSPS) is 10.5. The van der Waals surface area contributed by atoms with Gasteiger partial charge in [0.1, 0.15) is 16.5 Å². The van der Waals surface area contributed by atoms with Gasteiger partial charge in [-0.25, -0.2) is 4.98 Å². The predicted octanol–water partition coefficient (Wildman–Crippen LogP) is 4.54. The van der Waals surface area contributed by atoms with Crippen molar-refractivity contribution < 1.29 is 14.6 Å². The molecule has 0 atom stereocenters. The molecule has 2 aromatic carbocycles. The van der Waals surface area contributed by atoms with Crippen LogP contribution in [0.15, 0.2) is 53.9 Å². The molecule has 0 saturated heterocycles. The van der Waals surface area contributed by atoms with E-state index in [9.17, 15) is 4.79 Å². The van der Waals surface area contributed by atoms with Crippen molar-refractivity contribution in [2.75, 3.05) is 0 Å². The number of aromatic nitrogens is 1. The maximum atomic E-state index is 10.7. The Morgan fingerprint density at radius 3 is 2.30 bits per heavy atom. The van der Waals surface area contributed by atoms with Gasteiger partial charge in [0, 0.05) is 10.9 Å². The Hall–Kier alpha value is -2.66. The van der Waals surface area contributed by atoms with E-state index in [1.807, 2.05) is 55.5 Å². The number of thiazole rings is 1. The van der Waals surface area contributed by atoms with Crippen molar-refractivity contribution in [3.63, 3.8) is 0 Å². The van der Waals surface area contributed by atoms with E-state index in [1.165, 1.54) is 16.9 Å². The number of nitrogens with zero attached hydrogens (tertiary/aromatic N) is 1. The Bertz CT molecular complexity index is 807. The van der Waals surface area contributed by atoms with Gasteiger partial charge in [0.15, 0.2) is 0 Å². The summed E-state index contributed by atoms with van der Waals surface area (Å²) in [5, 5.41) is 11.4. The molecule has 0 unspecified atom stereocenters. The van der Waals surface area contributed by atoms with Gasteiger partial charge in [-0.2, -0.15) is 0 Å². The molecular formula is C18H15NO3S. The third-order valence-corrected chi connectivity index (χ3v) is 4.18. The van der Waals surface area contributed by atoms with E-state index in [0.717, 1.165) is 22.1 Å². The third kappa shape index (κ3) is 3.96. The van der Waals surface area contributed by atoms with Gasteiger partial charge in [-0.3, -0.25) is 4.79 Å². The average molecular weight is 325 g/mol. The van der Waals surface area contributed by atoms with Crippen LogP contribution >= 0.6 is 11.3 Å². The standard InChI is InChI=1S/C18H15NO3S/c1-12-2-6-15(7-3-12)22-16-8-4-13(5-9-16)18-19-14(11-23-18)10-17(20)21/h2-9,11H,10H2,1H3,(H,20,21). The minimum absolute atomic E-state index is 0.0505. The van der Waals surface area contributed by atoms with Gasteiger partial charge in [-0.1, -0.05) is 17.7 Å². The lowest BCUT2D eigenvalue weighted by molar-refractivity contribution is -0.136. The Kier molecular flexibility index (Phi) is 4.39. The molecule has 4 nitrogen and oxygen atoms in total. The van der Waals surface area contributed by atoms with Gasteiger partial charge in [0.2, 0.25) is 0 Å². The zero-order valence-electron chi connectivity index (χ0n) is 12.5. The molecule has 0 aliphatic heterocycles. The summed E-state index contributed by atoms with van der Waals surface area (Å²) in [6, 6.07) is 15.5. The summed E-state index contributed by atoms with van der Waals surface area (Å²) < 4.78 is 5.79. The van der Waals surface area contributed by atoms with Gasteiger partial charge < -0.3 is 9.84 Å². The first kappa shape index (κ1) is 15.2. The van der Waals surface area contributed by atoms with Gasteiger partial charge in [0.25, 0.3) is 0 Å². The van der Waals surface area contributed by atoms with Crippen LogP contribution in [0.4, 0.5) is 0 Å². The molecule has 116 valence electrons. The molecule has 1 N–H and O–H groups in total. The van der Waals surface area contributed by atoms with Crippen LogP contribution in [0.5, 0.6) is 11.5 Å². The average Bonchev–Trinajstić information content (AvgIpc) is 2.98. The van der Waals surface area contributed by atoms with Crippen molar-refractivity contribution in [3.8, 4) is 22.1 Å². The van der Waals surface area contributed by atoms with Crippen LogP contribution < -0.4 is 4.74 Å². The van der Waals surface area contributed by atoms with Crippen LogP contribution in [0.25, 0.3) is 10.6 Å². The smallest absolute Gasteiger partial charge is 0.309 e. The van der Waals surface area contributed by atoms with Gasteiger partial charge in [-0.15, -0.1) is 11.3 Å². The minimum Gasteiger partial charge on any atom is -0.481 e. The largest absolute Gasteiger partial charge is 0.481 e. The molecule has 1 aromatic heterocycles.